The second kappa shape index (κ2) is 18.6. The van der Waals surface area contributed by atoms with Gasteiger partial charge in [-0.1, -0.05) is 66.4 Å². The molecule has 0 spiro atoms. The highest BCUT2D eigenvalue weighted by atomic mass is 16.5. The molecular formula is C37H56O5. The number of benzene rings is 2. The third-order valence-electron chi connectivity index (χ3n) is 7.31. The van der Waals surface area contributed by atoms with Gasteiger partial charge in [0.15, 0.2) is 17.3 Å². The highest BCUT2D eigenvalue weighted by Gasteiger charge is 2.25. The highest BCUT2D eigenvalue weighted by molar-refractivity contribution is 6.11. The lowest BCUT2D eigenvalue weighted by atomic mass is 10.0. The van der Waals surface area contributed by atoms with E-state index in [9.17, 15) is 4.79 Å². The van der Waals surface area contributed by atoms with E-state index in [-0.39, 0.29) is 30.2 Å². The number of hydrogen-bond acceptors (Lipinski definition) is 5. The maximum absolute atomic E-state index is 14.1. The third-order valence-corrected chi connectivity index (χ3v) is 7.31. The van der Waals surface area contributed by atoms with E-state index in [2.05, 4.69) is 60.6 Å². The predicted molar refractivity (Wildman–Crippen MR) is 176 cm³/mol. The molecule has 0 N–H and O–H groups in total. The van der Waals surface area contributed by atoms with Gasteiger partial charge in [0.05, 0.1) is 24.4 Å². The molecule has 2 rings (SSSR count). The summed E-state index contributed by atoms with van der Waals surface area (Å²) in [5.41, 5.74) is 2.48. The summed E-state index contributed by atoms with van der Waals surface area (Å²) < 4.78 is 25.5. The molecule has 0 fully saturated rings. The molecule has 0 aliphatic carbocycles. The number of ketones is 1. The van der Waals surface area contributed by atoms with Gasteiger partial charge in [-0.15, -0.1) is 0 Å². The Morgan fingerprint density at radius 2 is 1.10 bits per heavy atom. The van der Waals surface area contributed by atoms with Crippen LogP contribution in [0.4, 0.5) is 0 Å². The zero-order valence-electron chi connectivity index (χ0n) is 27.8. The molecule has 0 saturated heterocycles. The molecule has 0 aliphatic heterocycles. The average Bonchev–Trinajstić information content (AvgIpc) is 2.94. The van der Waals surface area contributed by atoms with E-state index in [1.54, 1.807) is 6.08 Å². The first-order chi connectivity index (χ1) is 20.2. The Kier molecular flexibility index (Phi) is 15.6. The highest BCUT2D eigenvalue weighted by Crippen LogP contribution is 2.41. The molecule has 234 valence electrons. The minimum absolute atomic E-state index is 0.00953. The summed E-state index contributed by atoms with van der Waals surface area (Å²) in [6.07, 6.45) is 12.0. The van der Waals surface area contributed by atoms with E-state index in [1.165, 1.54) is 5.56 Å². The fourth-order valence-electron chi connectivity index (χ4n) is 5.10. The van der Waals surface area contributed by atoms with Gasteiger partial charge < -0.3 is 18.9 Å². The molecular weight excluding hydrogens is 524 g/mol. The normalized spacial score (nSPS) is 14.3. The van der Waals surface area contributed by atoms with Crippen molar-refractivity contribution < 1.29 is 23.7 Å². The summed E-state index contributed by atoms with van der Waals surface area (Å²) in [6.45, 7) is 18.9. The van der Waals surface area contributed by atoms with Gasteiger partial charge >= 0.3 is 0 Å². The van der Waals surface area contributed by atoms with Gasteiger partial charge in [0, 0.05) is 5.56 Å². The standard InChI is InChI=1S/C37H56O5/c1-10-15-26(6)39-33-22-19-30(14-5)25-31(33)20-21-32(38)36-34(40-27(7)16-11-2)23-24-35(41-28(8)17-12-3)37(36)42-29(9)18-13-4/h19-29H,10-18H2,1-9H3. The Bertz CT molecular complexity index is 1120. The number of carbonyl (C=O) groups excluding carboxylic acids is 1. The van der Waals surface area contributed by atoms with Crippen molar-refractivity contribution in [3.05, 3.63) is 53.1 Å². The zero-order valence-corrected chi connectivity index (χ0v) is 27.8. The van der Waals surface area contributed by atoms with E-state index in [1.807, 2.05) is 38.1 Å². The Balaban J connectivity index is 2.64. The topological polar surface area (TPSA) is 54.0 Å². The molecule has 4 atom stereocenters. The molecule has 0 aromatic heterocycles. The minimum atomic E-state index is -0.185. The van der Waals surface area contributed by atoms with Crippen LogP contribution in [0, 0.1) is 0 Å². The molecule has 5 nitrogen and oxygen atoms in total. The summed E-state index contributed by atoms with van der Waals surface area (Å²) in [5, 5.41) is 0. The largest absolute Gasteiger partial charge is 0.490 e. The van der Waals surface area contributed by atoms with Crippen molar-refractivity contribution in [1.82, 2.24) is 0 Å². The molecule has 0 saturated carbocycles. The Morgan fingerprint density at radius 3 is 1.62 bits per heavy atom. The average molecular weight is 581 g/mol. The van der Waals surface area contributed by atoms with Crippen LogP contribution >= 0.6 is 0 Å². The monoisotopic (exact) mass is 580 g/mol. The van der Waals surface area contributed by atoms with Crippen LogP contribution in [0.15, 0.2) is 36.4 Å². The van der Waals surface area contributed by atoms with Gasteiger partial charge in [0.25, 0.3) is 0 Å². The second-order valence-electron chi connectivity index (χ2n) is 11.6. The van der Waals surface area contributed by atoms with Gasteiger partial charge in [-0.05, 0) is 102 Å². The number of ether oxygens (including phenoxy) is 4. The van der Waals surface area contributed by atoms with Crippen LogP contribution < -0.4 is 18.9 Å². The molecule has 0 radical (unpaired) electrons. The summed E-state index contributed by atoms with van der Waals surface area (Å²) in [7, 11) is 0. The van der Waals surface area contributed by atoms with Crippen LogP contribution in [0.5, 0.6) is 23.0 Å². The van der Waals surface area contributed by atoms with Crippen LogP contribution in [-0.2, 0) is 6.42 Å². The second-order valence-corrected chi connectivity index (χ2v) is 11.6. The molecule has 2 aromatic carbocycles. The van der Waals surface area contributed by atoms with Crippen molar-refractivity contribution in [3.63, 3.8) is 0 Å². The summed E-state index contributed by atoms with van der Waals surface area (Å²) in [4.78, 5) is 14.1. The minimum Gasteiger partial charge on any atom is -0.490 e. The van der Waals surface area contributed by atoms with Crippen LogP contribution in [-0.4, -0.2) is 30.2 Å². The molecule has 5 heteroatoms. The van der Waals surface area contributed by atoms with Crippen LogP contribution in [0.3, 0.4) is 0 Å². The van der Waals surface area contributed by atoms with Crippen molar-refractivity contribution in [3.8, 4) is 23.0 Å². The molecule has 42 heavy (non-hydrogen) atoms. The number of aryl methyl sites for hydroxylation is 1. The lowest BCUT2D eigenvalue weighted by Crippen LogP contribution is -2.19. The van der Waals surface area contributed by atoms with E-state index in [4.69, 9.17) is 18.9 Å². The van der Waals surface area contributed by atoms with E-state index in [0.717, 1.165) is 69.1 Å². The lowest BCUT2D eigenvalue weighted by Gasteiger charge is -2.24. The van der Waals surface area contributed by atoms with Crippen molar-refractivity contribution in [2.45, 2.75) is 145 Å². The van der Waals surface area contributed by atoms with Crippen LogP contribution in [0.1, 0.15) is 135 Å². The maximum Gasteiger partial charge on any atom is 0.193 e. The fourth-order valence-corrected chi connectivity index (χ4v) is 5.10. The first kappa shape index (κ1) is 35.2. The van der Waals surface area contributed by atoms with Crippen molar-refractivity contribution in [2.75, 3.05) is 0 Å². The molecule has 4 unspecified atom stereocenters. The van der Waals surface area contributed by atoms with Gasteiger partial charge in [-0.25, -0.2) is 0 Å². The zero-order chi connectivity index (χ0) is 31.1. The predicted octanol–water partition coefficient (Wildman–Crippen LogP) is 10.4. The molecule has 0 heterocycles. The Hall–Kier alpha value is -2.95. The number of allylic oxidation sites excluding steroid dienone is 1. The molecule has 0 aliphatic rings. The molecule has 2 aromatic rings. The van der Waals surface area contributed by atoms with Crippen LogP contribution in [0.2, 0.25) is 0 Å². The quantitative estimate of drug-likeness (QED) is 0.115. The van der Waals surface area contributed by atoms with Crippen LogP contribution in [0.25, 0.3) is 6.08 Å². The van der Waals surface area contributed by atoms with Gasteiger partial charge in [-0.2, -0.15) is 0 Å². The van der Waals surface area contributed by atoms with Crippen molar-refractivity contribution in [1.29, 1.82) is 0 Å². The Labute approximate surface area is 256 Å². The third kappa shape index (κ3) is 11.0. The van der Waals surface area contributed by atoms with E-state index >= 15 is 0 Å². The number of carbonyl (C=O) groups is 1. The van der Waals surface area contributed by atoms with Gasteiger partial charge in [-0.3, -0.25) is 4.79 Å². The summed E-state index contributed by atoms with van der Waals surface area (Å²) in [5.74, 6) is 2.16. The number of hydrogen-bond donors (Lipinski definition) is 0. The lowest BCUT2D eigenvalue weighted by molar-refractivity contribution is 0.102. The van der Waals surface area contributed by atoms with Crippen molar-refractivity contribution in [2.24, 2.45) is 0 Å². The first-order valence-corrected chi connectivity index (χ1v) is 16.4. The summed E-state index contributed by atoms with van der Waals surface area (Å²) in [6, 6.07) is 9.96. The van der Waals surface area contributed by atoms with Crippen molar-refractivity contribution >= 4 is 11.9 Å². The number of rotatable bonds is 20. The SMILES string of the molecule is CCCC(C)Oc1ccc(CC)cc1C=CC(=O)c1c(OC(C)CCC)ccc(OC(C)CCC)c1OC(C)CCC. The maximum atomic E-state index is 14.1. The first-order valence-electron chi connectivity index (χ1n) is 16.4. The molecule has 0 amide bonds. The van der Waals surface area contributed by atoms with Gasteiger partial charge in [0.1, 0.15) is 17.1 Å². The fraction of sp³-hybridized carbons (Fsp3) is 0.595. The smallest absolute Gasteiger partial charge is 0.193 e. The Morgan fingerprint density at radius 1 is 0.643 bits per heavy atom. The van der Waals surface area contributed by atoms with E-state index in [0.29, 0.717) is 22.8 Å². The molecule has 0 bridgehead atoms. The summed E-state index contributed by atoms with van der Waals surface area (Å²) >= 11 is 0. The van der Waals surface area contributed by atoms with Gasteiger partial charge in [0.2, 0.25) is 0 Å². The van der Waals surface area contributed by atoms with E-state index < -0.39 is 0 Å².